The quantitative estimate of drug-likeness (QED) is 0.462. The number of hydrogen-bond donors (Lipinski definition) is 1. The molecule has 30 heavy (non-hydrogen) atoms. The molecule has 1 heterocycles. The lowest BCUT2D eigenvalue weighted by atomic mass is 9.77. The van der Waals surface area contributed by atoms with Crippen molar-refractivity contribution in [3.05, 3.63) is 88.2 Å². The number of hydrogen-bond acceptors (Lipinski definition) is 1. The average molecular weight is 434 g/mol. The zero-order valence-electron chi connectivity index (χ0n) is 15.8. The van der Waals surface area contributed by atoms with Crippen LogP contribution in [0.25, 0.3) is 11.1 Å². The average Bonchev–Trinajstić information content (AvgIpc) is 2.93. The summed E-state index contributed by atoms with van der Waals surface area (Å²) in [6.07, 6.45) is -4.36. The van der Waals surface area contributed by atoms with Gasteiger partial charge in [0.15, 0.2) is 0 Å². The molecule has 154 valence electrons. The van der Waals surface area contributed by atoms with Gasteiger partial charge in [-0.15, -0.1) is 0 Å². The Bertz CT molecular complexity index is 1160. The Balaban J connectivity index is 1.74. The number of nitrogens with one attached hydrogen (secondary N) is 1. The molecule has 0 fully saturated rings. The zero-order chi connectivity index (χ0) is 21.7. The molecule has 0 saturated carbocycles. The van der Waals surface area contributed by atoms with E-state index in [2.05, 4.69) is 5.32 Å². The Labute approximate surface area is 175 Å². The molecule has 1 amide bonds. The van der Waals surface area contributed by atoms with Crippen molar-refractivity contribution >= 4 is 23.2 Å². The van der Waals surface area contributed by atoms with Crippen LogP contribution >= 0.6 is 11.6 Å². The van der Waals surface area contributed by atoms with E-state index >= 15 is 0 Å². The van der Waals surface area contributed by atoms with Gasteiger partial charge in [0.25, 0.3) is 0 Å². The summed E-state index contributed by atoms with van der Waals surface area (Å²) in [5.41, 5.74) is 1.27. The monoisotopic (exact) mass is 433 g/mol. The van der Waals surface area contributed by atoms with Crippen molar-refractivity contribution in [1.29, 1.82) is 0 Å². The molecule has 0 bridgehead atoms. The summed E-state index contributed by atoms with van der Waals surface area (Å²) in [5.74, 6) is -0.822. The first-order valence-electron chi connectivity index (χ1n) is 9.15. The van der Waals surface area contributed by atoms with Crippen molar-refractivity contribution in [2.75, 3.05) is 5.32 Å². The van der Waals surface area contributed by atoms with Gasteiger partial charge >= 0.3 is 6.18 Å². The smallest absolute Gasteiger partial charge is 0.325 e. The molecule has 3 aromatic rings. The molecule has 0 radical (unpaired) electrons. The normalized spacial score (nSPS) is 18.3. The van der Waals surface area contributed by atoms with Crippen molar-refractivity contribution in [2.24, 2.45) is 0 Å². The maximum Gasteiger partial charge on any atom is 0.416 e. The molecule has 1 N–H and O–H groups in total. The summed E-state index contributed by atoms with van der Waals surface area (Å²) in [4.78, 5) is 12.8. The van der Waals surface area contributed by atoms with E-state index in [9.17, 15) is 22.4 Å². The van der Waals surface area contributed by atoms with Crippen LogP contribution in [-0.4, -0.2) is 5.91 Å². The molecular weight excluding hydrogens is 418 g/mol. The van der Waals surface area contributed by atoms with Crippen LogP contribution in [0, 0.1) is 5.82 Å². The number of carbonyl (C=O) groups excluding carboxylic acids is 1. The third kappa shape index (κ3) is 3.56. The van der Waals surface area contributed by atoms with Crippen molar-refractivity contribution < 1.29 is 22.4 Å². The van der Waals surface area contributed by atoms with Crippen LogP contribution in [0.15, 0.2) is 60.7 Å². The Morgan fingerprint density at radius 2 is 1.70 bits per heavy atom. The standard InChI is InChI=1S/C23H16ClF4NO/c1-22(12-13-3-2-4-16(9-13)23(26,27)28)17-10-14(6-8-20(17)29-21(22)30)15-5-7-19(25)18(24)11-15/h2-11H,12H2,1H3,(H,29,30). The molecule has 0 aliphatic carbocycles. The van der Waals surface area contributed by atoms with Crippen LogP contribution in [0.3, 0.4) is 0 Å². The van der Waals surface area contributed by atoms with Gasteiger partial charge in [-0.1, -0.05) is 41.9 Å². The Kier molecular flexibility index (Phi) is 4.85. The van der Waals surface area contributed by atoms with Crippen LogP contribution in [0.4, 0.5) is 23.2 Å². The molecule has 1 aliphatic rings. The predicted molar refractivity (Wildman–Crippen MR) is 108 cm³/mol. The van der Waals surface area contributed by atoms with Crippen molar-refractivity contribution in [2.45, 2.75) is 24.9 Å². The minimum absolute atomic E-state index is 0.0195. The molecular formula is C23H16ClF4NO. The highest BCUT2D eigenvalue weighted by atomic mass is 35.5. The summed E-state index contributed by atoms with van der Waals surface area (Å²) >= 11 is 5.89. The Morgan fingerprint density at radius 3 is 2.40 bits per heavy atom. The number of benzene rings is 3. The van der Waals surface area contributed by atoms with Gasteiger partial charge in [-0.3, -0.25) is 4.79 Å². The van der Waals surface area contributed by atoms with E-state index in [0.717, 1.165) is 17.7 Å². The minimum Gasteiger partial charge on any atom is -0.325 e. The summed E-state index contributed by atoms with van der Waals surface area (Å²) in [5, 5.41) is 2.79. The minimum atomic E-state index is -4.46. The van der Waals surface area contributed by atoms with Crippen LogP contribution in [0.1, 0.15) is 23.6 Å². The van der Waals surface area contributed by atoms with Gasteiger partial charge in [0, 0.05) is 5.69 Å². The first-order valence-corrected chi connectivity index (χ1v) is 9.53. The maximum atomic E-state index is 13.5. The van der Waals surface area contributed by atoms with Gasteiger partial charge in [0.1, 0.15) is 5.82 Å². The molecule has 3 aromatic carbocycles. The third-order valence-electron chi connectivity index (χ3n) is 5.43. The fourth-order valence-corrected chi connectivity index (χ4v) is 3.97. The molecule has 2 nitrogen and oxygen atoms in total. The summed E-state index contributed by atoms with van der Waals surface area (Å²) in [7, 11) is 0. The zero-order valence-corrected chi connectivity index (χ0v) is 16.5. The van der Waals surface area contributed by atoms with Gasteiger partial charge in [0.2, 0.25) is 5.91 Å². The lowest BCUT2D eigenvalue weighted by molar-refractivity contribution is -0.137. The van der Waals surface area contributed by atoms with Crippen LogP contribution in [0.2, 0.25) is 5.02 Å². The predicted octanol–water partition coefficient (Wildman–Crippen LogP) is 6.62. The molecule has 0 spiro atoms. The lowest BCUT2D eigenvalue weighted by Gasteiger charge is -2.23. The number of anilines is 1. The van der Waals surface area contributed by atoms with Gasteiger partial charge in [-0.2, -0.15) is 13.2 Å². The molecule has 1 unspecified atom stereocenters. The molecule has 7 heteroatoms. The highest BCUT2D eigenvalue weighted by Gasteiger charge is 2.43. The van der Waals surface area contributed by atoms with Crippen LogP contribution in [0.5, 0.6) is 0 Å². The first kappa shape index (κ1) is 20.4. The molecule has 1 atom stereocenters. The van der Waals surface area contributed by atoms with E-state index in [0.29, 0.717) is 22.4 Å². The molecule has 0 saturated heterocycles. The Morgan fingerprint density at radius 1 is 1.00 bits per heavy atom. The number of fused-ring (bicyclic) bond motifs is 1. The van der Waals surface area contributed by atoms with Crippen LogP contribution in [-0.2, 0) is 22.8 Å². The van der Waals surface area contributed by atoms with E-state index < -0.39 is 23.0 Å². The largest absolute Gasteiger partial charge is 0.416 e. The van der Waals surface area contributed by atoms with Gasteiger partial charge in [-0.05, 0) is 65.9 Å². The van der Waals surface area contributed by atoms with E-state index in [1.54, 1.807) is 37.3 Å². The number of alkyl halides is 3. The molecule has 4 rings (SSSR count). The lowest BCUT2D eigenvalue weighted by Crippen LogP contribution is -2.33. The summed E-state index contributed by atoms with van der Waals surface area (Å²) in [6.45, 7) is 1.70. The fraction of sp³-hybridized carbons (Fsp3) is 0.174. The van der Waals surface area contributed by atoms with Gasteiger partial charge in [-0.25, -0.2) is 4.39 Å². The van der Waals surface area contributed by atoms with E-state index in [1.807, 2.05) is 0 Å². The maximum absolute atomic E-state index is 13.5. The fourth-order valence-electron chi connectivity index (χ4n) is 3.79. The van der Waals surface area contributed by atoms with Crippen LogP contribution < -0.4 is 5.32 Å². The highest BCUT2D eigenvalue weighted by molar-refractivity contribution is 6.31. The summed E-state index contributed by atoms with van der Waals surface area (Å²) < 4.78 is 52.7. The summed E-state index contributed by atoms with van der Waals surface area (Å²) in [6, 6.07) is 14.6. The number of rotatable bonds is 3. The Hall–Kier alpha value is -2.86. The van der Waals surface area contributed by atoms with E-state index in [-0.39, 0.29) is 17.4 Å². The SMILES string of the molecule is CC1(Cc2cccc(C(F)(F)F)c2)C(=O)Nc2ccc(-c3ccc(F)c(Cl)c3)cc21. The third-order valence-corrected chi connectivity index (χ3v) is 5.72. The second-order valence-electron chi connectivity index (χ2n) is 7.55. The van der Waals surface area contributed by atoms with E-state index in [1.165, 1.54) is 18.2 Å². The van der Waals surface area contributed by atoms with E-state index in [4.69, 9.17) is 11.6 Å². The molecule has 1 aliphatic heterocycles. The number of amides is 1. The number of carbonyl (C=O) groups is 1. The van der Waals surface area contributed by atoms with Crippen molar-refractivity contribution in [3.63, 3.8) is 0 Å². The second kappa shape index (κ2) is 7.13. The first-order chi connectivity index (χ1) is 14.1. The second-order valence-corrected chi connectivity index (χ2v) is 7.96. The molecule has 0 aromatic heterocycles. The van der Waals surface area contributed by atoms with Gasteiger partial charge < -0.3 is 5.32 Å². The van der Waals surface area contributed by atoms with Gasteiger partial charge in [0.05, 0.1) is 16.0 Å². The highest BCUT2D eigenvalue weighted by Crippen LogP contribution is 2.43. The van der Waals surface area contributed by atoms with Crippen molar-refractivity contribution in [3.8, 4) is 11.1 Å². The van der Waals surface area contributed by atoms with Crippen molar-refractivity contribution in [1.82, 2.24) is 0 Å². The topological polar surface area (TPSA) is 29.1 Å². The number of halogens is 5.